The summed E-state index contributed by atoms with van der Waals surface area (Å²) in [6.45, 7) is 1.93. The molecule has 0 aliphatic carbocycles. The molecule has 0 rings (SSSR count). The molecule has 0 saturated carbocycles. The van der Waals surface area contributed by atoms with Crippen LogP contribution in [0.25, 0.3) is 0 Å². The molecule has 1 N–H and O–H groups in total. The molecule has 0 aromatic heterocycles. The van der Waals surface area contributed by atoms with Crippen molar-refractivity contribution < 1.29 is 9.50 Å². The maximum Gasteiger partial charge on any atom is 0.248 e. The van der Waals surface area contributed by atoms with Crippen LogP contribution in [-0.2, 0) is 4.29 Å². The minimum absolute atomic E-state index is 0.161. The number of hydrogen-bond acceptors (Lipinski definition) is 3. The van der Waals surface area contributed by atoms with Crippen LogP contribution in [0, 0.1) is 0 Å². The number of hydrogen-bond donors (Lipinski definition) is 1. The van der Waals surface area contributed by atoms with E-state index in [0.29, 0.717) is 6.42 Å². The first-order chi connectivity index (χ1) is 3.85. The molecule has 0 spiro atoms. The standard InChI is InChI=1S/C4H8ClNO2/c1-2-3-4(6-7)8-5/h7H,2-3H2,1H3. The van der Waals surface area contributed by atoms with E-state index in [4.69, 9.17) is 17.1 Å². The van der Waals surface area contributed by atoms with E-state index in [0.717, 1.165) is 6.42 Å². The zero-order valence-corrected chi connectivity index (χ0v) is 5.35. The molecule has 0 atom stereocenters. The summed E-state index contributed by atoms with van der Waals surface area (Å²) in [6, 6.07) is 0. The molecule has 0 amide bonds. The minimum atomic E-state index is 0.161. The van der Waals surface area contributed by atoms with Crippen LogP contribution in [0.4, 0.5) is 0 Å². The van der Waals surface area contributed by atoms with Gasteiger partial charge in [-0.15, -0.1) is 0 Å². The van der Waals surface area contributed by atoms with Gasteiger partial charge in [-0.3, -0.25) is 0 Å². The third-order valence-corrected chi connectivity index (χ3v) is 0.843. The van der Waals surface area contributed by atoms with E-state index in [2.05, 4.69) is 9.45 Å². The first-order valence-corrected chi connectivity index (χ1v) is 2.65. The molecule has 0 aliphatic rings. The summed E-state index contributed by atoms with van der Waals surface area (Å²) in [5.41, 5.74) is 0. The van der Waals surface area contributed by atoms with E-state index in [9.17, 15) is 0 Å². The molecule has 0 aliphatic heterocycles. The van der Waals surface area contributed by atoms with Crippen molar-refractivity contribution in [1.82, 2.24) is 0 Å². The van der Waals surface area contributed by atoms with Gasteiger partial charge in [0.1, 0.15) is 11.9 Å². The third kappa shape index (κ3) is 2.69. The van der Waals surface area contributed by atoms with Gasteiger partial charge in [-0.25, -0.2) is 0 Å². The van der Waals surface area contributed by atoms with Crippen LogP contribution in [0.3, 0.4) is 0 Å². The van der Waals surface area contributed by atoms with Crippen LogP contribution in [0.2, 0.25) is 0 Å². The molecule has 48 valence electrons. The highest BCUT2D eigenvalue weighted by Gasteiger charge is 1.95. The second kappa shape index (κ2) is 4.71. The molecule has 0 saturated heterocycles. The number of halogens is 1. The summed E-state index contributed by atoms with van der Waals surface area (Å²) >= 11 is 4.86. The second-order valence-electron chi connectivity index (χ2n) is 1.32. The smallest absolute Gasteiger partial charge is 0.248 e. The van der Waals surface area contributed by atoms with Gasteiger partial charge in [-0.2, -0.15) is 0 Å². The fourth-order valence-corrected chi connectivity index (χ4v) is 0.426. The van der Waals surface area contributed by atoms with Crippen molar-refractivity contribution in [3.05, 3.63) is 0 Å². The Morgan fingerprint density at radius 3 is 2.62 bits per heavy atom. The zero-order valence-electron chi connectivity index (χ0n) is 4.59. The highest BCUT2D eigenvalue weighted by atomic mass is 35.5. The number of oxime groups is 1. The topological polar surface area (TPSA) is 41.8 Å². The lowest BCUT2D eigenvalue weighted by Crippen LogP contribution is -1.95. The zero-order chi connectivity index (χ0) is 6.41. The average molecular weight is 138 g/mol. The average Bonchev–Trinajstić information content (AvgIpc) is 1.83. The maximum atomic E-state index is 8.04. The van der Waals surface area contributed by atoms with Crippen molar-refractivity contribution in [2.24, 2.45) is 5.16 Å². The van der Waals surface area contributed by atoms with Gasteiger partial charge in [-0.05, 0) is 6.42 Å². The van der Waals surface area contributed by atoms with Crippen molar-refractivity contribution in [1.29, 1.82) is 0 Å². The normalized spacial score (nSPS) is 11.5. The molecular weight excluding hydrogens is 130 g/mol. The lowest BCUT2D eigenvalue weighted by molar-refractivity contribution is 0.303. The molecule has 0 radical (unpaired) electrons. The Kier molecular flexibility index (Phi) is 4.45. The first-order valence-electron chi connectivity index (χ1n) is 2.34. The van der Waals surface area contributed by atoms with Crippen molar-refractivity contribution >= 4 is 17.8 Å². The third-order valence-electron chi connectivity index (χ3n) is 0.664. The van der Waals surface area contributed by atoms with Gasteiger partial charge in [-0.1, -0.05) is 12.1 Å². The van der Waals surface area contributed by atoms with Gasteiger partial charge in [0, 0.05) is 6.42 Å². The Hall–Kier alpha value is -0.440. The molecule has 8 heavy (non-hydrogen) atoms. The molecule has 0 aromatic rings. The van der Waals surface area contributed by atoms with E-state index in [1.54, 1.807) is 0 Å². The largest absolute Gasteiger partial charge is 0.408 e. The highest BCUT2D eigenvalue weighted by molar-refractivity contribution is 6.13. The summed E-state index contributed by atoms with van der Waals surface area (Å²) in [5, 5.41) is 10.8. The number of rotatable bonds is 2. The molecule has 0 bridgehead atoms. The van der Waals surface area contributed by atoms with Crippen LogP contribution >= 0.6 is 11.9 Å². The Balaban J connectivity index is 3.38. The fourth-order valence-electron chi connectivity index (χ4n) is 0.318. The number of nitrogens with zero attached hydrogens (tertiary/aromatic N) is 1. The predicted octanol–water partition coefficient (Wildman–Crippen LogP) is 1.74. The molecular formula is C4H8ClNO2. The van der Waals surface area contributed by atoms with E-state index in [-0.39, 0.29) is 5.90 Å². The minimum Gasteiger partial charge on any atom is -0.408 e. The summed E-state index contributed by atoms with van der Waals surface area (Å²) in [6.07, 6.45) is 1.42. The van der Waals surface area contributed by atoms with Gasteiger partial charge in [0.25, 0.3) is 0 Å². The summed E-state index contributed by atoms with van der Waals surface area (Å²) in [4.78, 5) is 0. The molecule has 0 aromatic carbocycles. The van der Waals surface area contributed by atoms with E-state index in [1.807, 2.05) is 6.92 Å². The Morgan fingerprint density at radius 1 is 1.88 bits per heavy atom. The van der Waals surface area contributed by atoms with Crippen LogP contribution in [0.1, 0.15) is 19.8 Å². The highest BCUT2D eigenvalue weighted by Crippen LogP contribution is 1.94. The lowest BCUT2D eigenvalue weighted by atomic mass is 10.3. The van der Waals surface area contributed by atoms with E-state index < -0.39 is 0 Å². The Bertz CT molecular complexity index is 84.1. The molecule has 0 heterocycles. The Morgan fingerprint density at radius 2 is 2.50 bits per heavy atom. The maximum absolute atomic E-state index is 8.04. The molecule has 0 unspecified atom stereocenters. The monoisotopic (exact) mass is 137 g/mol. The van der Waals surface area contributed by atoms with E-state index in [1.165, 1.54) is 0 Å². The van der Waals surface area contributed by atoms with E-state index >= 15 is 0 Å². The lowest BCUT2D eigenvalue weighted by Gasteiger charge is -1.92. The van der Waals surface area contributed by atoms with Crippen LogP contribution in [0.15, 0.2) is 5.16 Å². The molecule has 4 heteroatoms. The summed E-state index contributed by atoms with van der Waals surface area (Å²) in [5.74, 6) is 0.161. The van der Waals surface area contributed by atoms with Crippen molar-refractivity contribution in [3.63, 3.8) is 0 Å². The predicted molar refractivity (Wildman–Crippen MR) is 31.1 cm³/mol. The summed E-state index contributed by atoms with van der Waals surface area (Å²) < 4.78 is 4.11. The van der Waals surface area contributed by atoms with Crippen molar-refractivity contribution in [3.8, 4) is 0 Å². The first kappa shape index (κ1) is 7.56. The Labute approximate surface area is 53.1 Å². The van der Waals surface area contributed by atoms with Crippen LogP contribution < -0.4 is 0 Å². The van der Waals surface area contributed by atoms with Crippen LogP contribution in [0.5, 0.6) is 0 Å². The van der Waals surface area contributed by atoms with Crippen molar-refractivity contribution in [2.75, 3.05) is 0 Å². The van der Waals surface area contributed by atoms with Gasteiger partial charge >= 0.3 is 0 Å². The SMILES string of the molecule is CCCC(=NO)OCl. The van der Waals surface area contributed by atoms with Crippen LogP contribution in [-0.4, -0.2) is 11.1 Å². The second-order valence-corrected chi connectivity index (χ2v) is 1.48. The molecule has 0 fully saturated rings. The molecule has 3 nitrogen and oxygen atoms in total. The van der Waals surface area contributed by atoms with Gasteiger partial charge in [0.05, 0.1) is 0 Å². The van der Waals surface area contributed by atoms with Gasteiger partial charge in [0.2, 0.25) is 5.90 Å². The van der Waals surface area contributed by atoms with Gasteiger partial charge in [0.15, 0.2) is 0 Å². The van der Waals surface area contributed by atoms with Crippen molar-refractivity contribution in [2.45, 2.75) is 19.8 Å². The fraction of sp³-hybridized carbons (Fsp3) is 0.750. The van der Waals surface area contributed by atoms with Gasteiger partial charge < -0.3 is 9.50 Å². The summed E-state index contributed by atoms with van der Waals surface area (Å²) in [7, 11) is 0. The quantitative estimate of drug-likeness (QED) is 0.273.